The summed E-state index contributed by atoms with van der Waals surface area (Å²) in [6, 6.07) is 7.55. The third kappa shape index (κ3) is 7.29. The number of hydrogen-bond donors (Lipinski definition) is 2. The number of nitro groups is 1. The van der Waals surface area contributed by atoms with E-state index in [9.17, 15) is 37.7 Å². The fraction of sp³-hybridized carbons (Fsp3) is 0.318. The Bertz CT molecular complexity index is 1040. The number of nitro benzene ring substituents is 1. The zero-order valence-electron chi connectivity index (χ0n) is 18.0. The largest absolute Gasteiger partial charge is 0.466 e. The number of hydrogen-bond acceptors (Lipinski definition) is 6. The maximum absolute atomic E-state index is 12.7. The highest BCUT2D eigenvalue weighted by Gasteiger charge is 2.33. The number of primary amides is 1. The van der Waals surface area contributed by atoms with Crippen LogP contribution in [0, 0.1) is 10.1 Å². The Hall–Kier alpha value is -3.96. The lowest BCUT2D eigenvalue weighted by Gasteiger charge is -2.25. The third-order valence-electron chi connectivity index (χ3n) is 4.90. The van der Waals surface area contributed by atoms with E-state index in [2.05, 4.69) is 5.32 Å². The average Bonchev–Trinajstić information content (AvgIpc) is 2.76. The summed E-state index contributed by atoms with van der Waals surface area (Å²) in [5, 5.41) is 13.3. The Kier molecular flexibility index (Phi) is 8.70. The van der Waals surface area contributed by atoms with E-state index in [1.807, 2.05) is 0 Å². The van der Waals surface area contributed by atoms with Crippen molar-refractivity contribution in [1.82, 2.24) is 5.32 Å². The number of carbonyl (C=O) groups is 3. The Labute approximate surface area is 192 Å². The number of rotatable bonds is 10. The van der Waals surface area contributed by atoms with Crippen molar-refractivity contribution >= 4 is 23.5 Å². The van der Waals surface area contributed by atoms with Crippen molar-refractivity contribution in [3.63, 3.8) is 0 Å². The lowest BCUT2D eigenvalue weighted by Crippen LogP contribution is -2.49. The Morgan fingerprint density at radius 1 is 1.09 bits per heavy atom. The van der Waals surface area contributed by atoms with Gasteiger partial charge < -0.3 is 15.8 Å². The molecule has 2 aromatic rings. The number of halogens is 3. The second kappa shape index (κ2) is 11.3. The van der Waals surface area contributed by atoms with Crippen molar-refractivity contribution < 1.29 is 37.2 Å². The molecule has 0 aromatic heterocycles. The van der Waals surface area contributed by atoms with Gasteiger partial charge in [0.05, 0.1) is 29.9 Å². The third-order valence-corrected chi connectivity index (χ3v) is 4.90. The van der Waals surface area contributed by atoms with E-state index in [1.165, 1.54) is 24.3 Å². The summed E-state index contributed by atoms with van der Waals surface area (Å²) in [5.41, 5.74) is 4.95. The van der Waals surface area contributed by atoms with Gasteiger partial charge in [0.1, 0.15) is 6.04 Å². The van der Waals surface area contributed by atoms with Crippen molar-refractivity contribution in [3.8, 4) is 0 Å². The summed E-state index contributed by atoms with van der Waals surface area (Å²) >= 11 is 0. The van der Waals surface area contributed by atoms with Crippen LogP contribution < -0.4 is 11.1 Å². The van der Waals surface area contributed by atoms with E-state index in [-0.39, 0.29) is 30.7 Å². The van der Waals surface area contributed by atoms with E-state index in [0.29, 0.717) is 5.56 Å². The first-order valence-electron chi connectivity index (χ1n) is 10.1. The molecule has 0 aliphatic heterocycles. The molecular weight excluding hydrogens is 459 g/mol. The fourth-order valence-corrected chi connectivity index (χ4v) is 3.26. The number of nitrogens with zero attached hydrogens (tertiary/aromatic N) is 1. The number of alkyl halides is 3. The number of carbonyl (C=O) groups excluding carboxylic acids is 3. The Balaban J connectivity index is 2.26. The van der Waals surface area contributed by atoms with Crippen LogP contribution in [-0.4, -0.2) is 35.4 Å². The van der Waals surface area contributed by atoms with Crippen molar-refractivity contribution in [1.29, 1.82) is 0 Å². The van der Waals surface area contributed by atoms with Crippen LogP contribution in [0.5, 0.6) is 0 Å². The van der Waals surface area contributed by atoms with E-state index < -0.39 is 46.4 Å². The van der Waals surface area contributed by atoms with Crippen LogP contribution in [0.3, 0.4) is 0 Å². The van der Waals surface area contributed by atoms with Gasteiger partial charge in [0, 0.05) is 18.1 Å². The molecule has 0 spiro atoms. The van der Waals surface area contributed by atoms with Gasteiger partial charge in [0.2, 0.25) is 11.8 Å². The first kappa shape index (κ1) is 26.3. The van der Waals surface area contributed by atoms with E-state index in [4.69, 9.17) is 10.5 Å². The van der Waals surface area contributed by atoms with Crippen LogP contribution in [0.1, 0.15) is 36.0 Å². The Morgan fingerprint density at radius 2 is 1.68 bits per heavy atom. The molecule has 182 valence electrons. The predicted molar refractivity (Wildman–Crippen MR) is 113 cm³/mol. The first-order valence-corrected chi connectivity index (χ1v) is 10.1. The van der Waals surface area contributed by atoms with Gasteiger partial charge >= 0.3 is 12.1 Å². The highest BCUT2D eigenvalue weighted by molar-refractivity contribution is 5.89. The minimum Gasteiger partial charge on any atom is -0.466 e. The van der Waals surface area contributed by atoms with Crippen LogP contribution in [0.25, 0.3) is 0 Å². The highest BCUT2D eigenvalue weighted by Crippen LogP contribution is 2.29. The molecule has 0 saturated heterocycles. The molecule has 9 nitrogen and oxygen atoms in total. The van der Waals surface area contributed by atoms with Gasteiger partial charge in [0.25, 0.3) is 5.69 Å². The summed E-state index contributed by atoms with van der Waals surface area (Å²) in [5.74, 6) is -3.39. The molecule has 34 heavy (non-hydrogen) atoms. The zero-order valence-corrected chi connectivity index (χ0v) is 18.0. The molecule has 0 bridgehead atoms. The smallest absolute Gasteiger partial charge is 0.416 e. The van der Waals surface area contributed by atoms with E-state index in [0.717, 1.165) is 24.3 Å². The number of nitrogens with one attached hydrogen (secondary N) is 1. The minimum absolute atomic E-state index is 0.0628. The van der Waals surface area contributed by atoms with Gasteiger partial charge in [-0.2, -0.15) is 13.2 Å². The van der Waals surface area contributed by atoms with Gasteiger partial charge in [-0.05, 0) is 30.2 Å². The second-order valence-corrected chi connectivity index (χ2v) is 7.28. The molecular formula is C22H22F3N3O6. The van der Waals surface area contributed by atoms with Crippen LogP contribution >= 0.6 is 0 Å². The topological polar surface area (TPSA) is 142 Å². The summed E-state index contributed by atoms with van der Waals surface area (Å²) in [6.45, 7) is 1.64. The van der Waals surface area contributed by atoms with Gasteiger partial charge in [-0.15, -0.1) is 0 Å². The maximum Gasteiger partial charge on any atom is 0.416 e. The van der Waals surface area contributed by atoms with Crippen LogP contribution in [0.15, 0.2) is 48.5 Å². The first-order chi connectivity index (χ1) is 15.9. The van der Waals surface area contributed by atoms with Gasteiger partial charge in [0.15, 0.2) is 0 Å². The molecule has 0 unspecified atom stereocenters. The standard InChI is InChI=1S/C22H22F3N3O6/c1-2-34-19(30)12-17(14-5-9-16(10-6-14)28(32)33)20(21(26)31)27-18(29)11-13-3-7-15(8-4-13)22(23,24)25/h3-10,17,20H,2,11-12H2,1H3,(H2,26,31)(H,27,29)/t17-,20-/m0/s1. The molecule has 2 atom stereocenters. The highest BCUT2D eigenvalue weighted by atomic mass is 19.4. The molecule has 0 aliphatic carbocycles. The normalized spacial score (nSPS) is 12.9. The monoisotopic (exact) mass is 481 g/mol. The number of ether oxygens (including phenoxy) is 1. The number of amides is 2. The zero-order chi connectivity index (χ0) is 25.5. The summed E-state index contributed by atoms with van der Waals surface area (Å²) in [6.07, 6.45) is -5.24. The van der Waals surface area contributed by atoms with Gasteiger partial charge in [-0.25, -0.2) is 0 Å². The van der Waals surface area contributed by atoms with Crippen LogP contribution in [0.4, 0.5) is 18.9 Å². The maximum atomic E-state index is 12.7. The predicted octanol–water partition coefficient (Wildman–Crippen LogP) is 2.86. The lowest BCUT2D eigenvalue weighted by molar-refractivity contribution is -0.384. The average molecular weight is 481 g/mol. The molecule has 3 N–H and O–H groups in total. The molecule has 2 aromatic carbocycles. The van der Waals surface area contributed by atoms with E-state index in [1.54, 1.807) is 6.92 Å². The number of nitrogens with two attached hydrogens (primary N) is 1. The van der Waals surface area contributed by atoms with Crippen molar-refractivity contribution in [2.24, 2.45) is 5.73 Å². The van der Waals surface area contributed by atoms with Crippen molar-refractivity contribution in [2.75, 3.05) is 6.61 Å². The number of benzene rings is 2. The minimum atomic E-state index is -4.52. The summed E-state index contributed by atoms with van der Waals surface area (Å²) in [7, 11) is 0. The van der Waals surface area contributed by atoms with Crippen molar-refractivity contribution in [2.45, 2.75) is 37.9 Å². The van der Waals surface area contributed by atoms with E-state index >= 15 is 0 Å². The molecule has 0 radical (unpaired) electrons. The SMILES string of the molecule is CCOC(=O)C[C@@H](c1ccc([N+](=O)[O-])cc1)[C@H](NC(=O)Cc1ccc(C(F)(F)F)cc1)C(N)=O. The fourth-order valence-electron chi connectivity index (χ4n) is 3.26. The second-order valence-electron chi connectivity index (χ2n) is 7.28. The molecule has 2 rings (SSSR count). The lowest BCUT2D eigenvalue weighted by atomic mass is 9.87. The van der Waals surface area contributed by atoms with Gasteiger partial charge in [-0.1, -0.05) is 24.3 Å². The quantitative estimate of drug-likeness (QED) is 0.304. The van der Waals surface area contributed by atoms with Crippen LogP contribution in [-0.2, 0) is 31.7 Å². The van der Waals surface area contributed by atoms with Gasteiger partial charge in [-0.3, -0.25) is 24.5 Å². The number of esters is 1. The molecule has 0 aliphatic rings. The Morgan fingerprint density at radius 3 is 2.15 bits per heavy atom. The summed E-state index contributed by atoms with van der Waals surface area (Å²) in [4.78, 5) is 47.2. The number of non-ortho nitro benzene ring substituents is 1. The molecule has 0 saturated carbocycles. The molecule has 0 fully saturated rings. The van der Waals surface area contributed by atoms with Crippen LogP contribution in [0.2, 0.25) is 0 Å². The molecule has 12 heteroatoms. The molecule has 0 heterocycles. The molecule has 2 amide bonds. The van der Waals surface area contributed by atoms with Crippen molar-refractivity contribution in [3.05, 3.63) is 75.3 Å². The summed E-state index contributed by atoms with van der Waals surface area (Å²) < 4.78 is 43.1.